The van der Waals surface area contributed by atoms with Crippen LogP contribution in [0.5, 0.6) is 0 Å². The minimum Gasteiger partial charge on any atom is -0.368 e. The molecule has 0 aliphatic carbocycles. The molecule has 3 N–H and O–H groups in total. The highest BCUT2D eigenvalue weighted by Gasteiger charge is 2.24. The second kappa shape index (κ2) is 9.09. The van der Waals surface area contributed by atoms with E-state index in [-0.39, 0.29) is 16.7 Å². The fourth-order valence-electron chi connectivity index (χ4n) is 3.04. The van der Waals surface area contributed by atoms with E-state index in [1.165, 1.54) is 23.6 Å². The highest BCUT2D eigenvalue weighted by molar-refractivity contribution is 7.92. The zero-order valence-electron chi connectivity index (χ0n) is 17.5. The first-order valence-electron chi connectivity index (χ1n) is 9.59. The Morgan fingerprint density at radius 2 is 1.94 bits per heavy atom. The topological polar surface area (TPSA) is 111 Å². The molecular weight excluding hydrogens is 504 g/mol. The maximum Gasteiger partial charge on any atom is 0.264 e. The third-order valence-corrected chi connectivity index (χ3v) is 7.61. The molecule has 174 valence electrons. The zero-order chi connectivity index (χ0) is 24.6. The van der Waals surface area contributed by atoms with Gasteiger partial charge in [0.05, 0.1) is 27.0 Å². The fraction of sp³-hybridized carbons (Fsp3) is 0.0455. The Kier molecular flexibility index (Phi) is 6.34. The second-order valence-electron chi connectivity index (χ2n) is 7.12. The number of thiazole rings is 1. The van der Waals surface area contributed by atoms with Crippen molar-refractivity contribution in [1.29, 1.82) is 0 Å². The van der Waals surface area contributed by atoms with Gasteiger partial charge in [0.1, 0.15) is 21.5 Å². The molecule has 0 radical (unpaired) electrons. The maximum atomic E-state index is 14.1. The van der Waals surface area contributed by atoms with Crippen LogP contribution in [0.25, 0.3) is 27.4 Å². The van der Waals surface area contributed by atoms with Gasteiger partial charge in [-0.2, -0.15) is 0 Å². The number of anilines is 2. The molecule has 4 rings (SSSR count). The van der Waals surface area contributed by atoms with Crippen molar-refractivity contribution in [1.82, 2.24) is 15.0 Å². The van der Waals surface area contributed by atoms with E-state index in [1.54, 1.807) is 25.1 Å². The Morgan fingerprint density at radius 1 is 1.18 bits per heavy atom. The van der Waals surface area contributed by atoms with Gasteiger partial charge in [-0.15, -0.1) is 11.3 Å². The summed E-state index contributed by atoms with van der Waals surface area (Å²) < 4.78 is 55.4. The number of nitrogen functional groups attached to an aromatic ring is 1. The van der Waals surface area contributed by atoms with Crippen LogP contribution in [0.1, 0.15) is 11.9 Å². The summed E-state index contributed by atoms with van der Waals surface area (Å²) in [5.74, 6) is -1.93. The van der Waals surface area contributed by atoms with Gasteiger partial charge in [0, 0.05) is 11.8 Å². The van der Waals surface area contributed by atoms with Crippen molar-refractivity contribution in [3.05, 3.63) is 76.9 Å². The van der Waals surface area contributed by atoms with E-state index in [1.807, 2.05) is 0 Å². The molecule has 0 amide bonds. The SMILES string of the molecule is C=C(C)c1nc(-c2cccc(NS(=O)(=O)c3cc(F)ccc3F)c2Cl)c(-c2ccnc(N)n2)s1. The molecule has 7 nitrogen and oxygen atoms in total. The molecule has 0 fully saturated rings. The summed E-state index contributed by atoms with van der Waals surface area (Å²) in [5, 5.41) is 0.621. The predicted octanol–water partition coefficient (Wildman–Crippen LogP) is 5.61. The number of aromatic nitrogens is 3. The molecule has 0 saturated heterocycles. The lowest BCUT2D eigenvalue weighted by Gasteiger charge is -2.13. The van der Waals surface area contributed by atoms with E-state index in [0.29, 0.717) is 38.5 Å². The van der Waals surface area contributed by atoms with E-state index >= 15 is 0 Å². The van der Waals surface area contributed by atoms with Gasteiger partial charge >= 0.3 is 0 Å². The highest BCUT2D eigenvalue weighted by Crippen LogP contribution is 2.42. The van der Waals surface area contributed by atoms with Gasteiger partial charge in [-0.1, -0.05) is 30.3 Å². The van der Waals surface area contributed by atoms with Gasteiger partial charge in [0.2, 0.25) is 5.95 Å². The van der Waals surface area contributed by atoms with Crippen LogP contribution in [-0.2, 0) is 10.0 Å². The van der Waals surface area contributed by atoms with Gasteiger partial charge in [0.15, 0.2) is 0 Å². The molecule has 12 heteroatoms. The van der Waals surface area contributed by atoms with E-state index in [9.17, 15) is 17.2 Å². The van der Waals surface area contributed by atoms with Gasteiger partial charge in [-0.3, -0.25) is 4.72 Å². The number of benzene rings is 2. The number of rotatable bonds is 6. The van der Waals surface area contributed by atoms with Crippen molar-refractivity contribution in [2.75, 3.05) is 10.5 Å². The highest BCUT2D eigenvalue weighted by atomic mass is 35.5. The monoisotopic (exact) mass is 519 g/mol. The van der Waals surface area contributed by atoms with Crippen molar-refractivity contribution in [3.8, 4) is 21.8 Å². The van der Waals surface area contributed by atoms with Crippen LogP contribution in [0.3, 0.4) is 0 Å². The Labute approximate surface area is 203 Å². The minimum absolute atomic E-state index is 0.00438. The average molecular weight is 520 g/mol. The Hall–Kier alpha value is -3.41. The molecule has 0 spiro atoms. The summed E-state index contributed by atoms with van der Waals surface area (Å²) in [6.45, 7) is 5.71. The summed E-state index contributed by atoms with van der Waals surface area (Å²) >= 11 is 7.88. The van der Waals surface area contributed by atoms with E-state index < -0.39 is 26.6 Å². The normalized spacial score (nSPS) is 11.4. The molecule has 0 aliphatic heterocycles. The van der Waals surface area contributed by atoms with Crippen LogP contribution in [0.15, 0.2) is 60.1 Å². The third kappa shape index (κ3) is 4.63. The third-order valence-electron chi connectivity index (χ3n) is 4.58. The lowest BCUT2D eigenvalue weighted by atomic mass is 10.1. The van der Waals surface area contributed by atoms with Gasteiger partial charge in [-0.05, 0) is 42.8 Å². The van der Waals surface area contributed by atoms with Crippen LogP contribution in [0.2, 0.25) is 5.02 Å². The molecule has 2 aromatic heterocycles. The molecule has 0 aliphatic rings. The molecular formula is C22H16ClF2N5O2S2. The molecule has 0 unspecified atom stereocenters. The standard InChI is InChI=1S/C22H16ClF2N5O2S2/c1-11(2)21-29-19(20(33-21)16-8-9-27-22(26)28-16)13-4-3-5-15(18(13)23)30-34(31,32)17-10-12(24)6-7-14(17)25/h3-10,30H,1H2,2H3,(H2,26,27,28). The van der Waals surface area contributed by atoms with Gasteiger partial charge in [0.25, 0.3) is 10.0 Å². The minimum atomic E-state index is -4.48. The molecule has 0 bridgehead atoms. The quantitative estimate of drug-likeness (QED) is 0.342. The number of nitrogens with two attached hydrogens (primary N) is 1. The van der Waals surface area contributed by atoms with E-state index in [4.69, 9.17) is 17.3 Å². The van der Waals surface area contributed by atoms with Crippen molar-refractivity contribution in [3.63, 3.8) is 0 Å². The summed E-state index contributed by atoms with van der Waals surface area (Å²) in [4.78, 5) is 12.5. The van der Waals surface area contributed by atoms with Crippen LogP contribution in [0, 0.1) is 11.6 Å². The van der Waals surface area contributed by atoms with Gasteiger partial charge in [-0.25, -0.2) is 32.2 Å². The van der Waals surface area contributed by atoms with Gasteiger partial charge < -0.3 is 5.73 Å². The largest absolute Gasteiger partial charge is 0.368 e. The molecule has 0 atom stereocenters. The maximum absolute atomic E-state index is 14.1. The number of nitrogens with zero attached hydrogens (tertiary/aromatic N) is 3. The van der Waals surface area contributed by atoms with Crippen LogP contribution in [-0.4, -0.2) is 23.4 Å². The summed E-state index contributed by atoms with van der Waals surface area (Å²) in [5.41, 5.74) is 7.70. The van der Waals surface area contributed by atoms with E-state index in [0.717, 1.165) is 12.1 Å². The van der Waals surface area contributed by atoms with Crippen LogP contribution in [0.4, 0.5) is 20.4 Å². The Morgan fingerprint density at radius 3 is 2.65 bits per heavy atom. The first-order chi connectivity index (χ1) is 16.1. The number of nitrogens with one attached hydrogen (secondary N) is 1. The zero-order valence-corrected chi connectivity index (χ0v) is 19.9. The molecule has 34 heavy (non-hydrogen) atoms. The average Bonchev–Trinajstić information content (AvgIpc) is 3.22. The van der Waals surface area contributed by atoms with Crippen LogP contribution < -0.4 is 10.5 Å². The van der Waals surface area contributed by atoms with Crippen molar-refractivity contribution >= 4 is 50.2 Å². The smallest absolute Gasteiger partial charge is 0.264 e. The Balaban J connectivity index is 1.83. The summed E-state index contributed by atoms with van der Waals surface area (Å²) in [6, 6.07) is 8.40. The number of halogens is 3. The van der Waals surface area contributed by atoms with Crippen molar-refractivity contribution in [2.45, 2.75) is 11.8 Å². The number of hydrogen-bond donors (Lipinski definition) is 2. The molecule has 2 aromatic carbocycles. The van der Waals surface area contributed by atoms with Crippen LogP contribution >= 0.6 is 22.9 Å². The summed E-state index contributed by atoms with van der Waals surface area (Å²) in [6.07, 6.45) is 1.50. The number of sulfonamides is 1. The first-order valence-corrected chi connectivity index (χ1v) is 12.3. The lowest BCUT2D eigenvalue weighted by molar-refractivity contribution is 0.555. The predicted molar refractivity (Wildman–Crippen MR) is 130 cm³/mol. The number of hydrogen-bond acceptors (Lipinski definition) is 7. The second-order valence-corrected chi connectivity index (χ2v) is 10.2. The van der Waals surface area contributed by atoms with E-state index in [2.05, 4.69) is 26.3 Å². The number of allylic oxidation sites excluding steroid dienone is 1. The fourth-order valence-corrected chi connectivity index (χ4v) is 5.49. The molecule has 2 heterocycles. The van der Waals surface area contributed by atoms with Crippen molar-refractivity contribution < 1.29 is 17.2 Å². The molecule has 4 aromatic rings. The first kappa shape index (κ1) is 23.7. The van der Waals surface area contributed by atoms with Crippen molar-refractivity contribution in [2.24, 2.45) is 0 Å². The molecule has 0 saturated carbocycles. The Bertz CT molecular complexity index is 1540. The summed E-state index contributed by atoms with van der Waals surface area (Å²) in [7, 11) is -4.48. The lowest BCUT2D eigenvalue weighted by Crippen LogP contribution is -2.15.